The third-order valence-corrected chi connectivity index (χ3v) is 3.60. The second kappa shape index (κ2) is 7.72. The number of nitrogens with zero attached hydrogens (tertiary/aromatic N) is 1. The zero-order valence-corrected chi connectivity index (χ0v) is 13.7. The van der Waals surface area contributed by atoms with E-state index in [4.69, 9.17) is 9.47 Å². The van der Waals surface area contributed by atoms with Crippen LogP contribution in [-0.4, -0.2) is 31.2 Å². The molecule has 0 atom stereocenters. The fraction of sp³-hybridized carbons (Fsp3) is 0.158. The molecule has 5 nitrogen and oxygen atoms in total. The first-order valence-electron chi connectivity index (χ1n) is 7.75. The number of halogens is 1. The SMILES string of the molecule is COCCOc1ccc(NC(=O)c2ccc3cccnc3c2)cc1F. The predicted octanol–water partition coefficient (Wildman–Crippen LogP) is 3.65. The quantitative estimate of drug-likeness (QED) is 0.696. The lowest BCUT2D eigenvalue weighted by Gasteiger charge is -2.10. The topological polar surface area (TPSA) is 60.5 Å². The van der Waals surface area contributed by atoms with Gasteiger partial charge in [0.05, 0.1) is 12.1 Å². The Balaban J connectivity index is 1.72. The molecule has 1 heterocycles. The molecule has 0 aliphatic heterocycles. The van der Waals surface area contributed by atoms with Crippen molar-refractivity contribution in [2.45, 2.75) is 0 Å². The first-order chi connectivity index (χ1) is 12.2. The van der Waals surface area contributed by atoms with E-state index in [-0.39, 0.29) is 18.3 Å². The minimum atomic E-state index is -0.547. The summed E-state index contributed by atoms with van der Waals surface area (Å²) in [5, 5.41) is 3.62. The standard InChI is InChI=1S/C19H17FN2O3/c1-24-9-10-25-18-7-6-15(12-16(18)20)22-19(23)14-5-4-13-3-2-8-21-17(13)11-14/h2-8,11-12H,9-10H2,1H3,(H,22,23). The van der Waals surface area contributed by atoms with Gasteiger partial charge in [0.2, 0.25) is 0 Å². The van der Waals surface area contributed by atoms with Gasteiger partial charge >= 0.3 is 0 Å². The van der Waals surface area contributed by atoms with Crippen molar-refractivity contribution in [3.05, 3.63) is 66.1 Å². The molecule has 2 aromatic carbocycles. The zero-order valence-electron chi connectivity index (χ0n) is 13.7. The summed E-state index contributed by atoms with van der Waals surface area (Å²) in [6, 6.07) is 13.3. The van der Waals surface area contributed by atoms with Crippen LogP contribution in [0.15, 0.2) is 54.7 Å². The van der Waals surface area contributed by atoms with Crippen LogP contribution in [-0.2, 0) is 4.74 Å². The predicted molar refractivity (Wildman–Crippen MR) is 93.5 cm³/mol. The Labute approximate surface area is 144 Å². The number of nitrogens with one attached hydrogen (secondary N) is 1. The zero-order chi connectivity index (χ0) is 17.6. The third-order valence-electron chi connectivity index (χ3n) is 3.60. The van der Waals surface area contributed by atoms with E-state index < -0.39 is 5.82 Å². The van der Waals surface area contributed by atoms with Crippen molar-refractivity contribution in [1.29, 1.82) is 0 Å². The van der Waals surface area contributed by atoms with E-state index in [1.165, 1.54) is 12.1 Å². The molecule has 128 valence electrons. The number of amides is 1. The molecule has 0 saturated carbocycles. The number of rotatable bonds is 6. The maximum Gasteiger partial charge on any atom is 0.255 e. The Morgan fingerprint density at radius 3 is 2.84 bits per heavy atom. The maximum atomic E-state index is 14.0. The van der Waals surface area contributed by atoms with Gasteiger partial charge in [0.1, 0.15) is 6.61 Å². The molecule has 1 N–H and O–H groups in total. The molecule has 0 unspecified atom stereocenters. The second-order valence-corrected chi connectivity index (χ2v) is 5.35. The van der Waals surface area contributed by atoms with Gasteiger partial charge in [0.25, 0.3) is 5.91 Å². The van der Waals surface area contributed by atoms with E-state index >= 15 is 0 Å². The van der Waals surface area contributed by atoms with E-state index in [1.54, 1.807) is 31.5 Å². The van der Waals surface area contributed by atoms with E-state index in [2.05, 4.69) is 10.3 Å². The molecule has 0 spiro atoms. The van der Waals surface area contributed by atoms with Crippen molar-refractivity contribution in [2.24, 2.45) is 0 Å². The second-order valence-electron chi connectivity index (χ2n) is 5.35. The van der Waals surface area contributed by atoms with Crippen LogP contribution >= 0.6 is 0 Å². The summed E-state index contributed by atoms with van der Waals surface area (Å²) in [6.07, 6.45) is 1.67. The number of pyridine rings is 1. The van der Waals surface area contributed by atoms with E-state index in [0.717, 1.165) is 10.9 Å². The lowest BCUT2D eigenvalue weighted by Crippen LogP contribution is -2.12. The monoisotopic (exact) mass is 340 g/mol. The number of anilines is 1. The molecule has 3 aromatic rings. The van der Waals surface area contributed by atoms with Crippen LogP contribution in [0.5, 0.6) is 5.75 Å². The first-order valence-corrected chi connectivity index (χ1v) is 7.75. The van der Waals surface area contributed by atoms with Crippen molar-refractivity contribution in [2.75, 3.05) is 25.6 Å². The van der Waals surface area contributed by atoms with Crippen molar-refractivity contribution < 1.29 is 18.7 Å². The number of ether oxygens (including phenoxy) is 2. The highest BCUT2D eigenvalue weighted by molar-refractivity contribution is 6.06. The fourth-order valence-electron chi connectivity index (χ4n) is 2.34. The normalized spacial score (nSPS) is 10.6. The lowest BCUT2D eigenvalue weighted by molar-refractivity contribution is 0.102. The van der Waals surface area contributed by atoms with Gasteiger partial charge in [-0.05, 0) is 30.3 Å². The van der Waals surface area contributed by atoms with Crippen LogP contribution in [0.3, 0.4) is 0 Å². The highest BCUT2D eigenvalue weighted by atomic mass is 19.1. The third kappa shape index (κ3) is 4.10. The van der Waals surface area contributed by atoms with E-state index in [9.17, 15) is 9.18 Å². The Hall–Kier alpha value is -2.99. The Kier molecular flexibility index (Phi) is 5.20. The fourth-order valence-corrected chi connectivity index (χ4v) is 2.34. The molecule has 3 rings (SSSR count). The summed E-state index contributed by atoms with van der Waals surface area (Å²) < 4.78 is 24.1. The van der Waals surface area contributed by atoms with Gasteiger partial charge in [-0.3, -0.25) is 9.78 Å². The number of methoxy groups -OCH3 is 1. The summed E-state index contributed by atoms with van der Waals surface area (Å²) in [5.74, 6) is -0.765. The number of hydrogen-bond donors (Lipinski definition) is 1. The molecule has 25 heavy (non-hydrogen) atoms. The van der Waals surface area contributed by atoms with Crippen LogP contribution in [0.1, 0.15) is 10.4 Å². The molecular weight excluding hydrogens is 323 g/mol. The summed E-state index contributed by atoms with van der Waals surface area (Å²) in [6.45, 7) is 0.622. The minimum Gasteiger partial charge on any atom is -0.488 e. The summed E-state index contributed by atoms with van der Waals surface area (Å²) >= 11 is 0. The van der Waals surface area contributed by atoms with Crippen LogP contribution in [0.2, 0.25) is 0 Å². The van der Waals surface area contributed by atoms with Gasteiger partial charge in [-0.15, -0.1) is 0 Å². The molecule has 0 radical (unpaired) electrons. The van der Waals surface area contributed by atoms with Crippen LogP contribution in [0.4, 0.5) is 10.1 Å². The summed E-state index contributed by atoms with van der Waals surface area (Å²) in [5.41, 5.74) is 1.53. The minimum absolute atomic E-state index is 0.116. The van der Waals surface area contributed by atoms with Crippen molar-refractivity contribution >= 4 is 22.5 Å². The molecule has 0 saturated heterocycles. The van der Waals surface area contributed by atoms with Gasteiger partial charge in [-0.25, -0.2) is 4.39 Å². The average Bonchev–Trinajstić information content (AvgIpc) is 2.63. The number of aromatic nitrogens is 1. The van der Waals surface area contributed by atoms with Gasteiger partial charge in [-0.2, -0.15) is 0 Å². The van der Waals surface area contributed by atoms with Crippen LogP contribution in [0.25, 0.3) is 10.9 Å². The average molecular weight is 340 g/mol. The van der Waals surface area contributed by atoms with Crippen molar-refractivity contribution in [3.63, 3.8) is 0 Å². The smallest absolute Gasteiger partial charge is 0.255 e. The number of carbonyl (C=O) groups excluding carboxylic acids is 1. The van der Waals surface area contributed by atoms with Gasteiger partial charge in [-0.1, -0.05) is 12.1 Å². The van der Waals surface area contributed by atoms with E-state index in [0.29, 0.717) is 17.9 Å². The highest BCUT2D eigenvalue weighted by Gasteiger charge is 2.10. The molecule has 1 amide bonds. The molecule has 1 aromatic heterocycles. The number of hydrogen-bond acceptors (Lipinski definition) is 4. The summed E-state index contributed by atoms with van der Waals surface area (Å²) in [4.78, 5) is 16.6. The molecule has 0 aliphatic rings. The van der Waals surface area contributed by atoms with Crippen LogP contribution in [0, 0.1) is 5.82 Å². The Morgan fingerprint density at radius 1 is 1.16 bits per heavy atom. The Morgan fingerprint density at radius 2 is 2.04 bits per heavy atom. The highest BCUT2D eigenvalue weighted by Crippen LogP contribution is 2.22. The largest absolute Gasteiger partial charge is 0.488 e. The Bertz CT molecular complexity index is 899. The van der Waals surface area contributed by atoms with Crippen molar-refractivity contribution in [1.82, 2.24) is 4.98 Å². The number of fused-ring (bicyclic) bond motifs is 1. The van der Waals surface area contributed by atoms with Crippen LogP contribution < -0.4 is 10.1 Å². The molecular formula is C19H17FN2O3. The van der Waals surface area contributed by atoms with Gasteiger partial charge in [0.15, 0.2) is 11.6 Å². The van der Waals surface area contributed by atoms with Gasteiger partial charge in [0, 0.05) is 36.0 Å². The number of benzene rings is 2. The van der Waals surface area contributed by atoms with E-state index in [1.807, 2.05) is 18.2 Å². The lowest BCUT2D eigenvalue weighted by atomic mass is 10.1. The molecule has 0 fully saturated rings. The van der Waals surface area contributed by atoms with Crippen molar-refractivity contribution in [3.8, 4) is 5.75 Å². The molecule has 0 aliphatic carbocycles. The molecule has 6 heteroatoms. The maximum absolute atomic E-state index is 14.0. The first kappa shape index (κ1) is 16.9. The molecule has 0 bridgehead atoms. The number of carbonyl (C=O) groups is 1. The summed E-state index contributed by atoms with van der Waals surface area (Å²) in [7, 11) is 1.54. The van der Waals surface area contributed by atoms with Gasteiger partial charge < -0.3 is 14.8 Å².